The van der Waals surface area contributed by atoms with Crippen LogP contribution in [0.1, 0.15) is 22.6 Å². The van der Waals surface area contributed by atoms with Crippen molar-refractivity contribution >= 4 is 5.91 Å². The van der Waals surface area contributed by atoms with Crippen LogP contribution in [0, 0.1) is 13.8 Å². The second kappa shape index (κ2) is 6.89. The van der Waals surface area contributed by atoms with Gasteiger partial charge in [0.05, 0.1) is 13.5 Å². The molecule has 6 nitrogen and oxygen atoms in total. The summed E-state index contributed by atoms with van der Waals surface area (Å²) in [5, 5.41) is 2.79. The predicted molar refractivity (Wildman–Crippen MR) is 82.9 cm³/mol. The Labute approximate surface area is 128 Å². The van der Waals surface area contributed by atoms with Gasteiger partial charge in [0.15, 0.2) is 0 Å². The molecule has 2 aromatic rings. The zero-order chi connectivity index (χ0) is 16.1. The number of nitrogens with one attached hydrogen (secondary N) is 2. The first-order valence-electron chi connectivity index (χ1n) is 6.96. The van der Waals surface area contributed by atoms with Crippen molar-refractivity contribution in [1.82, 2.24) is 15.3 Å². The first-order valence-corrected chi connectivity index (χ1v) is 6.96. The van der Waals surface area contributed by atoms with E-state index in [0.29, 0.717) is 29.4 Å². The third kappa shape index (κ3) is 3.72. The number of aromatic nitrogens is 2. The molecule has 6 heteroatoms. The zero-order valence-corrected chi connectivity index (χ0v) is 12.9. The van der Waals surface area contributed by atoms with Crippen LogP contribution in [0.3, 0.4) is 0 Å². The quantitative estimate of drug-likeness (QED) is 0.870. The summed E-state index contributed by atoms with van der Waals surface area (Å²) in [6.45, 7) is 3.78. The smallest absolute Gasteiger partial charge is 0.254 e. The number of amides is 1. The standard InChI is InChI=1S/C16H19N3O3/c1-10-13(16(21)19-11(2)18-10)8-15(20)17-9-12-6-4-5-7-14(12)22-3/h4-7H,8-9H2,1-3H3,(H,17,20)(H,18,19,21). The van der Waals surface area contributed by atoms with Crippen LogP contribution >= 0.6 is 0 Å². The van der Waals surface area contributed by atoms with Gasteiger partial charge >= 0.3 is 0 Å². The fourth-order valence-electron chi connectivity index (χ4n) is 2.23. The zero-order valence-electron chi connectivity index (χ0n) is 12.9. The molecule has 0 aliphatic rings. The fraction of sp³-hybridized carbons (Fsp3) is 0.312. The lowest BCUT2D eigenvalue weighted by molar-refractivity contribution is -0.120. The number of H-pyrrole nitrogens is 1. The number of hydrogen-bond acceptors (Lipinski definition) is 4. The normalized spacial score (nSPS) is 10.3. The average molecular weight is 301 g/mol. The number of rotatable bonds is 5. The number of nitrogens with zero attached hydrogens (tertiary/aromatic N) is 1. The topological polar surface area (TPSA) is 84.1 Å². The summed E-state index contributed by atoms with van der Waals surface area (Å²) in [4.78, 5) is 30.7. The van der Waals surface area contributed by atoms with E-state index in [4.69, 9.17) is 4.74 Å². The highest BCUT2D eigenvalue weighted by molar-refractivity contribution is 5.78. The second-order valence-electron chi connectivity index (χ2n) is 4.98. The number of carbonyl (C=O) groups excluding carboxylic acids is 1. The molecule has 0 atom stereocenters. The number of carbonyl (C=O) groups is 1. The van der Waals surface area contributed by atoms with Crippen LogP contribution in [0.15, 0.2) is 29.1 Å². The SMILES string of the molecule is COc1ccccc1CNC(=O)Cc1c(C)nc(C)[nH]c1=O. The maximum atomic E-state index is 12.0. The molecule has 0 aliphatic carbocycles. The highest BCUT2D eigenvalue weighted by atomic mass is 16.5. The van der Waals surface area contributed by atoms with E-state index in [2.05, 4.69) is 15.3 Å². The minimum Gasteiger partial charge on any atom is -0.496 e. The molecule has 116 valence electrons. The van der Waals surface area contributed by atoms with Crippen molar-refractivity contribution < 1.29 is 9.53 Å². The maximum Gasteiger partial charge on any atom is 0.254 e. The van der Waals surface area contributed by atoms with Crippen LogP contribution in [0.4, 0.5) is 0 Å². The minimum absolute atomic E-state index is 0.00357. The lowest BCUT2D eigenvalue weighted by Gasteiger charge is -2.10. The van der Waals surface area contributed by atoms with E-state index in [-0.39, 0.29) is 17.9 Å². The number of para-hydroxylation sites is 1. The molecule has 0 bridgehead atoms. The summed E-state index contributed by atoms with van der Waals surface area (Å²) >= 11 is 0. The Morgan fingerprint density at radius 2 is 2.05 bits per heavy atom. The Morgan fingerprint density at radius 3 is 2.73 bits per heavy atom. The number of aryl methyl sites for hydroxylation is 2. The van der Waals surface area contributed by atoms with Crippen molar-refractivity contribution in [2.24, 2.45) is 0 Å². The minimum atomic E-state index is -0.266. The molecular formula is C16H19N3O3. The van der Waals surface area contributed by atoms with E-state index in [9.17, 15) is 9.59 Å². The third-order valence-electron chi connectivity index (χ3n) is 3.35. The Hall–Kier alpha value is -2.63. The van der Waals surface area contributed by atoms with Gasteiger partial charge in [-0.1, -0.05) is 18.2 Å². The van der Waals surface area contributed by atoms with Crippen LogP contribution in [-0.2, 0) is 17.8 Å². The Morgan fingerprint density at radius 1 is 1.32 bits per heavy atom. The van der Waals surface area contributed by atoms with Gasteiger partial charge in [0.25, 0.3) is 5.56 Å². The highest BCUT2D eigenvalue weighted by Crippen LogP contribution is 2.16. The molecule has 1 heterocycles. The van der Waals surface area contributed by atoms with E-state index in [1.165, 1.54) is 0 Å². The van der Waals surface area contributed by atoms with Gasteiger partial charge in [-0.25, -0.2) is 4.98 Å². The second-order valence-corrected chi connectivity index (χ2v) is 4.98. The van der Waals surface area contributed by atoms with Gasteiger partial charge in [-0.05, 0) is 19.9 Å². The first kappa shape index (κ1) is 15.8. The van der Waals surface area contributed by atoms with Crippen molar-refractivity contribution in [1.29, 1.82) is 0 Å². The van der Waals surface area contributed by atoms with E-state index < -0.39 is 0 Å². The molecule has 2 rings (SSSR count). The maximum absolute atomic E-state index is 12.0. The van der Waals surface area contributed by atoms with Gasteiger partial charge in [-0.3, -0.25) is 9.59 Å². The van der Waals surface area contributed by atoms with Crippen LogP contribution in [0.5, 0.6) is 5.75 Å². The Bertz CT molecular complexity index is 738. The van der Waals surface area contributed by atoms with Crippen molar-refractivity contribution in [3.8, 4) is 5.75 Å². The van der Waals surface area contributed by atoms with Crippen LogP contribution < -0.4 is 15.6 Å². The van der Waals surface area contributed by atoms with E-state index >= 15 is 0 Å². The summed E-state index contributed by atoms with van der Waals surface area (Å²) in [5.41, 5.74) is 1.58. The Balaban J connectivity index is 2.04. The molecular weight excluding hydrogens is 282 g/mol. The summed E-state index contributed by atoms with van der Waals surface area (Å²) in [6.07, 6.45) is 0.00357. The molecule has 1 aromatic carbocycles. The van der Waals surface area contributed by atoms with Crippen LogP contribution in [-0.4, -0.2) is 23.0 Å². The fourth-order valence-corrected chi connectivity index (χ4v) is 2.23. The molecule has 1 amide bonds. The van der Waals surface area contributed by atoms with Crippen molar-refractivity contribution in [3.63, 3.8) is 0 Å². The molecule has 0 saturated heterocycles. The van der Waals surface area contributed by atoms with Crippen molar-refractivity contribution in [3.05, 3.63) is 57.3 Å². The molecule has 0 fully saturated rings. The largest absolute Gasteiger partial charge is 0.496 e. The number of aromatic amines is 1. The van der Waals surface area contributed by atoms with Gasteiger partial charge in [-0.15, -0.1) is 0 Å². The number of methoxy groups -OCH3 is 1. The van der Waals surface area contributed by atoms with Crippen LogP contribution in [0.2, 0.25) is 0 Å². The molecule has 0 aliphatic heterocycles. The molecule has 0 spiro atoms. The third-order valence-corrected chi connectivity index (χ3v) is 3.35. The van der Waals surface area contributed by atoms with Gasteiger partial charge in [-0.2, -0.15) is 0 Å². The first-order chi connectivity index (χ1) is 10.5. The number of benzene rings is 1. The van der Waals surface area contributed by atoms with Crippen molar-refractivity contribution in [2.75, 3.05) is 7.11 Å². The van der Waals surface area contributed by atoms with Gasteiger partial charge in [0.2, 0.25) is 5.91 Å². The number of hydrogen-bond donors (Lipinski definition) is 2. The summed E-state index contributed by atoms with van der Waals surface area (Å²) in [5.74, 6) is 1.03. The summed E-state index contributed by atoms with van der Waals surface area (Å²) in [7, 11) is 1.58. The van der Waals surface area contributed by atoms with E-state index in [1.54, 1.807) is 21.0 Å². The molecule has 0 unspecified atom stereocenters. The lowest BCUT2D eigenvalue weighted by atomic mass is 10.1. The predicted octanol–water partition coefficient (Wildman–Crippen LogP) is 1.25. The van der Waals surface area contributed by atoms with E-state index in [0.717, 1.165) is 5.56 Å². The van der Waals surface area contributed by atoms with Gasteiger partial charge in [0.1, 0.15) is 11.6 Å². The molecule has 2 N–H and O–H groups in total. The molecule has 1 aromatic heterocycles. The lowest BCUT2D eigenvalue weighted by Crippen LogP contribution is -2.29. The van der Waals surface area contributed by atoms with Crippen molar-refractivity contribution in [2.45, 2.75) is 26.8 Å². The van der Waals surface area contributed by atoms with Gasteiger partial charge in [0, 0.05) is 23.4 Å². The van der Waals surface area contributed by atoms with Crippen LogP contribution in [0.25, 0.3) is 0 Å². The van der Waals surface area contributed by atoms with E-state index in [1.807, 2.05) is 24.3 Å². The monoisotopic (exact) mass is 301 g/mol. The molecule has 0 radical (unpaired) electrons. The Kier molecular flexibility index (Phi) is 4.93. The average Bonchev–Trinajstić information content (AvgIpc) is 2.49. The number of ether oxygens (including phenoxy) is 1. The summed E-state index contributed by atoms with van der Waals surface area (Å²) in [6, 6.07) is 7.46. The van der Waals surface area contributed by atoms with Gasteiger partial charge < -0.3 is 15.0 Å². The molecule has 22 heavy (non-hydrogen) atoms. The molecule has 0 saturated carbocycles. The highest BCUT2D eigenvalue weighted by Gasteiger charge is 2.12. The summed E-state index contributed by atoms with van der Waals surface area (Å²) < 4.78 is 5.23.